The van der Waals surface area contributed by atoms with Gasteiger partial charge < -0.3 is 4.74 Å². The zero-order valence-corrected chi connectivity index (χ0v) is 17.8. The Hall–Kier alpha value is -1.76. The molecule has 0 aliphatic rings. The number of sulfonamides is 1. The van der Waals surface area contributed by atoms with Crippen molar-refractivity contribution in [3.05, 3.63) is 57.6 Å². The first kappa shape index (κ1) is 21.5. The van der Waals surface area contributed by atoms with Crippen molar-refractivity contribution in [2.24, 2.45) is 0 Å². The van der Waals surface area contributed by atoms with E-state index < -0.39 is 22.5 Å². The maximum Gasteiger partial charge on any atom is 0.327 e. The third kappa shape index (κ3) is 5.15. The van der Waals surface area contributed by atoms with Crippen LogP contribution in [0.5, 0.6) is 0 Å². The van der Waals surface area contributed by atoms with Crippen molar-refractivity contribution in [2.45, 2.75) is 38.7 Å². The molecule has 0 fully saturated rings. The molecule has 0 bridgehead atoms. The Morgan fingerprint density at radius 3 is 2.41 bits per heavy atom. The molecule has 0 spiro atoms. The van der Waals surface area contributed by atoms with Gasteiger partial charge in [-0.1, -0.05) is 35.3 Å². The lowest BCUT2D eigenvalue weighted by atomic mass is 10.1. The number of halogens is 2. The lowest BCUT2D eigenvalue weighted by Gasteiger charge is -2.26. The van der Waals surface area contributed by atoms with E-state index in [1.54, 1.807) is 32.9 Å². The third-order valence-electron chi connectivity index (χ3n) is 3.73. The van der Waals surface area contributed by atoms with Crippen molar-refractivity contribution in [1.82, 2.24) is 0 Å². The van der Waals surface area contributed by atoms with Crippen molar-refractivity contribution in [3.8, 4) is 0 Å². The molecule has 146 valence electrons. The summed E-state index contributed by atoms with van der Waals surface area (Å²) < 4.78 is 32.9. The van der Waals surface area contributed by atoms with Gasteiger partial charge >= 0.3 is 5.97 Å². The summed E-state index contributed by atoms with van der Waals surface area (Å²) in [7, 11) is -4.16. The summed E-state index contributed by atoms with van der Waals surface area (Å²) in [6.45, 7) is 6.52. The molecular formula is C19H21Cl2NO4S. The van der Waals surface area contributed by atoms with Gasteiger partial charge in [0.1, 0.15) is 11.4 Å². The van der Waals surface area contributed by atoms with Gasteiger partial charge in [0, 0.05) is 5.02 Å². The lowest BCUT2D eigenvalue weighted by Crippen LogP contribution is -2.38. The van der Waals surface area contributed by atoms with Crippen LogP contribution in [-0.4, -0.2) is 27.0 Å². The maximum atomic E-state index is 13.4. The van der Waals surface area contributed by atoms with E-state index in [0.717, 1.165) is 9.87 Å². The monoisotopic (exact) mass is 429 g/mol. The van der Waals surface area contributed by atoms with Crippen LogP contribution in [0.1, 0.15) is 25.0 Å². The van der Waals surface area contributed by atoms with E-state index in [2.05, 4.69) is 0 Å². The number of anilines is 1. The quantitative estimate of drug-likeness (QED) is 0.620. The van der Waals surface area contributed by atoms with Crippen LogP contribution in [0.4, 0.5) is 5.69 Å². The summed E-state index contributed by atoms with van der Waals surface area (Å²) in [4.78, 5) is 12.1. The summed E-state index contributed by atoms with van der Waals surface area (Å²) in [6.07, 6.45) is -0.365. The number of aryl methyl sites for hydroxylation is 2. The Morgan fingerprint density at radius 2 is 1.78 bits per heavy atom. The van der Waals surface area contributed by atoms with Crippen LogP contribution in [0, 0.1) is 13.8 Å². The second kappa shape index (κ2) is 8.50. The van der Waals surface area contributed by atoms with Crippen molar-refractivity contribution >= 4 is 44.9 Å². The Bertz CT molecular complexity index is 958. The molecule has 0 amide bonds. The minimum atomic E-state index is -4.16. The summed E-state index contributed by atoms with van der Waals surface area (Å²) in [5.74, 6) is -0.660. The molecule has 2 aromatic rings. The lowest BCUT2D eigenvalue weighted by molar-refractivity contribution is -0.145. The van der Waals surface area contributed by atoms with Crippen LogP contribution >= 0.6 is 23.2 Å². The smallest absolute Gasteiger partial charge is 0.327 e. The van der Waals surface area contributed by atoms with Gasteiger partial charge in [-0.05, 0) is 63.1 Å². The molecule has 0 aromatic heterocycles. The zero-order chi connectivity index (χ0) is 20.4. The molecule has 2 aromatic carbocycles. The minimum absolute atomic E-state index is 0.0203. The molecule has 0 unspecified atom stereocenters. The van der Waals surface area contributed by atoms with Crippen LogP contribution in [0.25, 0.3) is 0 Å². The highest BCUT2D eigenvalue weighted by Crippen LogP contribution is 2.32. The van der Waals surface area contributed by atoms with Gasteiger partial charge in [-0.15, -0.1) is 0 Å². The third-order valence-corrected chi connectivity index (χ3v) is 6.21. The van der Waals surface area contributed by atoms with E-state index in [1.807, 2.05) is 13.0 Å². The number of nitrogens with zero attached hydrogens (tertiary/aromatic N) is 1. The van der Waals surface area contributed by atoms with Crippen LogP contribution in [0.3, 0.4) is 0 Å². The fourth-order valence-electron chi connectivity index (χ4n) is 2.50. The number of carbonyl (C=O) groups is 1. The first-order valence-corrected chi connectivity index (χ1v) is 10.5. The summed E-state index contributed by atoms with van der Waals surface area (Å²) in [5, 5.41) is 0.246. The highest BCUT2D eigenvalue weighted by atomic mass is 35.5. The molecule has 0 aliphatic carbocycles. The normalized spacial score (nSPS) is 11.5. The second-order valence-electron chi connectivity index (χ2n) is 6.41. The van der Waals surface area contributed by atoms with E-state index in [0.29, 0.717) is 11.3 Å². The van der Waals surface area contributed by atoms with Crippen molar-refractivity contribution in [1.29, 1.82) is 0 Å². The molecule has 5 nitrogen and oxygen atoms in total. The SMILES string of the molecule is Cc1ccc(C)c(N(CC(=O)OC(C)C)S(=O)(=O)c2cc(Cl)ccc2Cl)c1. The molecule has 27 heavy (non-hydrogen) atoms. The molecular weight excluding hydrogens is 409 g/mol. The summed E-state index contributed by atoms with van der Waals surface area (Å²) >= 11 is 12.1. The van der Waals surface area contributed by atoms with Crippen molar-refractivity contribution in [3.63, 3.8) is 0 Å². The molecule has 0 atom stereocenters. The maximum absolute atomic E-state index is 13.4. The molecule has 8 heteroatoms. The van der Waals surface area contributed by atoms with Gasteiger partial charge in [0.15, 0.2) is 0 Å². The van der Waals surface area contributed by atoms with Gasteiger partial charge in [-0.25, -0.2) is 8.42 Å². The van der Waals surface area contributed by atoms with Gasteiger partial charge in [-0.2, -0.15) is 0 Å². The van der Waals surface area contributed by atoms with Crippen molar-refractivity contribution in [2.75, 3.05) is 10.8 Å². The number of hydrogen-bond donors (Lipinski definition) is 0. The topological polar surface area (TPSA) is 63.7 Å². The first-order chi connectivity index (χ1) is 12.5. The fourth-order valence-corrected chi connectivity index (χ4v) is 4.70. The molecule has 0 saturated heterocycles. The van der Waals surface area contributed by atoms with Gasteiger partial charge in [0.05, 0.1) is 16.8 Å². The van der Waals surface area contributed by atoms with E-state index in [4.69, 9.17) is 27.9 Å². The predicted molar refractivity (Wildman–Crippen MR) is 108 cm³/mol. The van der Waals surface area contributed by atoms with Gasteiger partial charge in [0.25, 0.3) is 10.0 Å². The highest BCUT2D eigenvalue weighted by molar-refractivity contribution is 7.93. The average molecular weight is 430 g/mol. The zero-order valence-electron chi connectivity index (χ0n) is 15.5. The highest BCUT2D eigenvalue weighted by Gasteiger charge is 2.31. The number of hydrogen-bond acceptors (Lipinski definition) is 4. The molecule has 0 radical (unpaired) electrons. The number of rotatable bonds is 6. The predicted octanol–water partition coefficient (Wildman–Crippen LogP) is 4.76. The second-order valence-corrected chi connectivity index (χ2v) is 9.09. The average Bonchev–Trinajstić information content (AvgIpc) is 2.56. The summed E-state index contributed by atoms with van der Waals surface area (Å²) in [6, 6.07) is 9.53. The fraction of sp³-hybridized carbons (Fsp3) is 0.316. The van der Waals surface area contributed by atoms with Crippen LogP contribution in [0.15, 0.2) is 41.3 Å². The molecule has 0 N–H and O–H groups in total. The number of ether oxygens (including phenoxy) is 1. The summed E-state index contributed by atoms with van der Waals surface area (Å²) in [5.41, 5.74) is 1.93. The standard InChI is InChI=1S/C19H21Cl2NO4S/c1-12(2)26-19(23)11-22(17-9-13(3)5-6-14(17)4)27(24,25)18-10-15(20)7-8-16(18)21/h5-10,12H,11H2,1-4H3. The minimum Gasteiger partial charge on any atom is -0.462 e. The molecule has 0 saturated carbocycles. The Kier molecular flexibility index (Phi) is 6.78. The molecule has 2 rings (SSSR count). The molecule has 0 heterocycles. The van der Waals surface area contributed by atoms with E-state index in [-0.39, 0.29) is 21.0 Å². The van der Waals surface area contributed by atoms with Crippen LogP contribution in [-0.2, 0) is 19.6 Å². The number of benzene rings is 2. The van der Waals surface area contributed by atoms with Gasteiger partial charge in [-0.3, -0.25) is 9.10 Å². The van der Waals surface area contributed by atoms with Crippen molar-refractivity contribution < 1.29 is 17.9 Å². The van der Waals surface area contributed by atoms with E-state index >= 15 is 0 Å². The van der Waals surface area contributed by atoms with E-state index in [9.17, 15) is 13.2 Å². The van der Waals surface area contributed by atoms with Crippen LogP contribution in [0.2, 0.25) is 10.0 Å². The van der Waals surface area contributed by atoms with Crippen LogP contribution < -0.4 is 4.31 Å². The Morgan fingerprint density at radius 1 is 1.11 bits per heavy atom. The number of esters is 1. The van der Waals surface area contributed by atoms with E-state index in [1.165, 1.54) is 18.2 Å². The number of carbonyl (C=O) groups excluding carboxylic acids is 1. The Labute approximate surface area is 169 Å². The largest absolute Gasteiger partial charge is 0.462 e. The first-order valence-electron chi connectivity index (χ1n) is 8.27. The Balaban J connectivity index is 2.62. The van der Waals surface area contributed by atoms with Gasteiger partial charge in [0.2, 0.25) is 0 Å². The molecule has 0 aliphatic heterocycles.